The summed E-state index contributed by atoms with van der Waals surface area (Å²) in [5.74, 6) is -0.233. The van der Waals surface area contributed by atoms with Gasteiger partial charge in [-0.1, -0.05) is 31.2 Å². The lowest BCUT2D eigenvalue weighted by Crippen LogP contribution is -2.44. The summed E-state index contributed by atoms with van der Waals surface area (Å²) in [6.45, 7) is 2.11. The fourth-order valence-corrected chi connectivity index (χ4v) is 5.28. The van der Waals surface area contributed by atoms with Crippen LogP contribution < -0.4 is 10.7 Å². The number of carbonyl (C=O) groups excluding carboxylic acids is 1. The number of rotatable bonds is 3. The third kappa shape index (κ3) is 2.60. The van der Waals surface area contributed by atoms with Crippen molar-refractivity contribution in [2.75, 3.05) is 18.9 Å². The first-order chi connectivity index (χ1) is 15.4. The van der Waals surface area contributed by atoms with Gasteiger partial charge in [0.25, 0.3) is 0 Å². The van der Waals surface area contributed by atoms with Crippen LogP contribution in [-0.2, 0) is 16.8 Å². The fraction of sp³-hybridized carbons (Fsp3) is 0.320. The lowest BCUT2D eigenvalue weighted by molar-refractivity contribution is -0.125. The van der Waals surface area contributed by atoms with E-state index in [1.165, 1.54) is 6.26 Å². The zero-order chi connectivity index (χ0) is 22.7. The molecule has 32 heavy (non-hydrogen) atoms. The number of nitrogens with zero attached hydrogens (tertiary/aromatic N) is 2. The molecule has 1 amide bonds. The molecule has 1 aromatic heterocycles. The van der Waals surface area contributed by atoms with E-state index in [-0.39, 0.29) is 29.9 Å². The Hall–Kier alpha value is -3.47. The summed E-state index contributed by atoms with van der Waals surface area (Å²) in [5, 5.41) is 24.9. The van der Waals surface area contributed by atoms with E-state index < -0.39 is 17.1 Å². The van der Waals surface area contributed by atoms with E-state index in [1.54, 1.807) is 24.1 Å². The number of hydrogen-bond donors (Lipinski definition) is 2. The average Bonchev–Trinajstić information content (AvgIpc) is 3.28. The number of para-hydroxylation sites is 1. The van der Waals surface area contributed by atoms with E-state index in [9.17, 15) is 20.0 Å². The van der Waals surface area contributed by atoms with Crippen LogP contribution in [0.3, 0.4) is 0 Å². The van der Waals surface area contributed by atoms with Crippen LogP contribution in [0.5, 0.6) is 0 Å². The molecule has 0 saturated carbocycles. The van der Waals surface area contributed by atoms with E-state index in [0.717, 1.165) is 17.5 Å². The number of aliphatic hydroxyl groups is 1. The molecule has 7 heteroatoms. The molecule has 2 aliphatic rings. The van der Waals surface area contributed by atoms with Crippen LogP contribution in [0.15, 0.2) is 57.9 Å². The Morgan fingerprint density at radius 3 is 2.81 bits per heavy atom. The first kappa shape index (κ1) is 20.4. The number of hydrogen-bond acceptors (Lipinski definition) is 6. The van der Waals surface area contributed by atoms with Crippen molar-refractivity contribution in [3.05, 3.63) is 75.6 Å². The molecule has 3 aromatic rings. The van der Waals surface area contributed by atoms with Crippen LogP contribution in [-0.4, -0.2) is 29.5 Å². The maximum atomic E-state index is 13.3. The third-order valence-corrected chi connectivity index (χ3v) is 7.05. The van der Waals surface area contributed by atoms with Gasteiger partial charge in [0, 0.05) is 24.2 Å². The Morgan fingerprint density at radius 2 is 2.06 bits per heavy atom. The van der Waals surface area contributed by atoms with Crippen molar-refractivity contribution in [2.45, 2.75) is 31.4 Å². The third-order valence-electron chi connectivity index (χ3n) is 7.05. The van der Waals surface area contributed by atoms with E-state index in [1.807, 2.05) is 37.3 Å². The number of likely N-dealkylation sites (N-methyl/N-ethyl adjacent to an activating group) is 1. The number of anilines is 1. The summed E-state index contributed by atoms with van der Waals surface area (Å²) < 4.78 is 5.65. The quantitative estimate of drug-likeness (QED) is 0.663. The summed E-state index contributed by atoms with van der Waals surface area (Å²) in [6.07, 6.45) is 0.643. The SMILES string of the molecule is CCc1ccc2occ([C@@H](O)[C@]3(C#N)CN(C)[C@@]4(C3)C(=O)Nc3ccccc34)c(=O)c2c1. The number of nitriles is 1. The highest BCUT2D eigenvalue weighted by Gasteiger charge is 2.63. The van der Waals surface area contributed by atoms with Crippen molar-refractivity contribution in [1.82, 2.24) is 4.90 Å². The zero-order valence-corrected chi connectivity index (χ0v) is 17.9. The maximum absolute atomic E-state index is 13.3. The number of amides is 1. The number of carbonyl (C=O) groups is 1. The Kier molecular flexibility index (Phi) is 4.48. The normalized spacial score (nSPS) is 25.6. The average molecular weight is 429 g/mol. The number of nitrogens with one attached hydrogen (secondary N) is 1. The number of aryl methyl sites for hydroxylation is 1. The molecule has 0 radical (unpaired) electrons. The van der Waals surface area contributed by atoms with E-state index >= 15 is 0 Å². The van der Waals surface area contributed by atoms with Gasteiger partial charge in [0.1, 0.15) is 28.9 Å². The van der Waals surface area contributed by atoms with Crippen molar-refractivity contribution in [3.63, 3.8) is 0 Å². The van der Waals surface area contributed by atoms with Crippen molar-refractivity contribution in [2.24, 2.45) is 5.41 Å². The highest BCUT2D eigenvalue weighted by Crippen LogP contribution is 2.55. The number of fused-ring (bicyclic) bond motifs is 3. The van der Waals surface area contributed by atoms with Crippen molar-refractivity contribution in [3.8, 4) is 6.07 Å². The van der Waals surface area contributed by atoms with Crippen LogP contribution in [0.25, 0.3) is 11.0 Å². The molecule has 3 atom stereocenters. The topological polar surface area (TPSA) is 107 Å². The van der Waals surface area contributed by atoms with Crippen LogP contribution in [0.2, 0.25) is 0 Å². The predicted octanol–water partition coefficient (Wildman–Crippen LogP) is 3.08. The monoisotopic (exact) mass is 429 g/mol. The van der Waals surface area contributed by atoms with Gasteiger partial charge in [-0.15, -0.1) is 0 Å². The van der Waals surface area contributed by atoms with Gasteiger partial charge < -0.3 is 14.8 Å². The van der Waals surface area contributed by atoms with Gasteiger partial charge in [0.2, 0.25) is 5.91 Å². The Bertz CT molecular complexity index is 1360. The Balaban J connectivity index is 1.62. The van der Waals surface area contributed by atoms with E-state index in [0.29, 0.717) is 16.7 Å². The van der Waals surface area contributed by atoms with Crippen molar-refractivity contribution < 1.29 is 14.3 Å². The highest BCUT2D eigenvalue weighted by atomic mass is 16.3. The van der Waals surface area contributed by atoms with Gasteiger partial charge in [-0.3, -0.25) is 14.5 Å². The van der Waals surface area contributed by atoms with Gasteiger partial charge in [0.15, 0.2) is 5.43 Å². The van der Waals surface area contributed by atoms with Crippen LogP contribution >= 0.6 is 0 Å². The summed E-state index contributed by atoms with van der Waals surface area (Å²) in [4.78, 5) is 28.2. The molecule has 2 aliphatic heterocycles. The van der Waals surface area contributed by atoms with Crippen molar-refractivity contribution in [1.29, 1.82) is 5.26 Å². The number of aliphatic hydroxyl groups excluding tert-OH is 1. The lowest BCUT2D eigenvalue weighted by Gasteiger charge is -2.30. The molecule has 3 heterocycles. The van der Waals surface area contributed by atoms with Crippen LogP contribution in [0.1, 0.15) is 36.1 Å². The second-order valence-corrected chi connectivity index (χ2v) is 8.77. The first-order valence-electron chi connectivity index (χ1n) is 10.6. The fourth-order valence-electron chi connectivity index (χ4n) is 5.28. The van der Waals surface area contributed by atoms with Gasteiger partial charge in [-0.25, -0.2) is 0 Å². The summed E-state index contributed by atoms with van der Waals surface area (Å²) >= 11 is 0. The molecule has 2 N–H and O–H groups in total. The number of likely N-dealkylation sites (tertiary alicyclic amines) is 1. The molecule has 1 fully saturated rings. The highest BCUT2D eigenvalue weighted by molar-refractivity contribution is 6.06. The smallest absolute Gasteiger partial charge is 0.249 e. The summed E-state index contributed by atoms with van der Waals surface area (Å²) in [5.41, 5.74) is 0.102. The summed E-state index contributed by atoms with van der Waals surface area (Å²) in [7, 11) is 1.77. The molecular weight excluding hydrogens is 406 g/mol. The van der Waals surface area contributed by atoms with Crippen LogP contribution in [0, 0.1) is 16.7 Å². The molecule has 0 aliphatic carbocycles. The Labute approximate surface area is 184 Å². The van der Waals surface area contributed by atoms with Gasteiger partial charge in [-0.2, -0.15) is 5.26 Å². The Morgan fingerprint density at radius 1 is 1.28 bits per heavy atom. The maximum Gasteiger partial charge on any atom is 0.249 e. The number of benzene rings is 2. The second-order valence-electron chi connectivity index (χ2n) is 8.77. The van der Waals surface area contributed by atoms with Gasteiger partial charge >= 0.3 is 0 Å². The van der Waals surface area contributed by atoms with Gasteiger partial charge in [0.05, 0.1) is 17.0 Å². The standard InChI is InChI=1S/C25H23N3O4/c1-3-15-8-9-20-16(10-15)21(29)17(11-32-20)22(30)24(13-26)12-25(28(2)14-24)18-6-4-5-7-19(18)27-23(25)31/h4-11,22,30H,3,12,14H2,1-2H3,(H,27,31)/t22-,24-,25-/m1/s1. The largest absolute Gasteiger partial charge is 0.464 e. The molecule has 0 bridgehead atoms. The summed E-state index contributed by atoms with van der Waals surface area (Å²) in [6, 6.07) is 15.0. The molecule has 0 unspecified atom stereocenters. The van der Waals surface area contributed by atoms with E-state index in [4.69, 9.17) is 4.42 Å². The van der Waals surface area contributed by atoms with E-state index in [2.05, 4.69) is 11.4 Å². The van der Waals surface area contributed by atoms with Gasteiger partial charge in [-0.05, 0) is 37.2 Å². The second kappa shape index (κ2) is 7.02. The zero-order valence-electron chi connectivity index (χ0n) is 17.9. The first-order valence-corrected chi connectivity index (χ1v) is 10.6. The minimum atomic E-state index is -1.42. The molecular formula is C25H23N3O4. The molecule has 5 rings (SSSR count). The molecule has 162 valence electrons. The predicted molar refractivity (Wildman–Crippen MR) is 119 cm³/mol. The minimum absolute atomic E-state index is 0.0319. The molecule has 1 spiro atoms. The minimum Gasteiger partial charge on any atom is -0.464 e. The lowest BCUT2D eigenvalue weighted by atomic mass is 9.73. The molecule has 1 saturated heterocycles. The molecule has 2 aromatic carbocycles. The van der Waals surface area contributed by atoms with Crippen molar-refractivity contribution >= 4 is 22.6 Å². The molecule has 7 nitrogen and oxygen atoms in total. The van der Waals surface area contributed by atoms with Crippen LogP contribution in [0.4, 0.5) is 5.69 Å².